The third-order valence-corrected chi connectivity index (χ3v) is 4.15. The molecule has 86 valence electrons. The van der Waals surface area contributed by atoms with Gasteiger partial charge in [-0.2, -0.15) is 5.10 Å². The summed E-state index contributed by atoms with van der Waals surface area (Å²) in [4.78, 5) is 0. The average molecular weight is 217 g/mol. The molecule has 3 atom stereocenters. The van der Waals surface area contributed by atoms with E-state index < -0.39 is 0 Å². The lowest BCUT2D eigenvalue weighted by molar-refractivity contribution is 0.351. The lowest BCUT2D eigenvalue weighted by Crippen LogP contribution is -2.33. The van der Waals surface area contributed by atoms with Gasteiger partial charge in [-0.15, -0.1) is 0 Å². The van der Waals surface area contributed by atoms with Gasteiger partial charge in [-0.1, -0.05) is 13.0 Å². The molecule has 0 radical (unpaired) electrons. The first-order valence-electron chi connectivity index (χ1n) is 6.24. The molecule has 3 heteroatoms. The lowest BCUT2D eigenvalue weighted by Gasteiger charge is -2.22. The van der Waals surface area contributed by atoms with E-state index in [0.717, 1.165) is 24.4 Å². The molecule has 3 nitrogen and oxygen atoms in total. The maximum absolute atomic E-state index is 4.19. The van der Waals surface area contributed by atoms with E-state index in [1.54, 1.807) is 10.9 Å². The summed E-state index contributed by atoms with van der Waals surface area (Å²) in [6.07, 6.45) is 11.4. The second-order valence-electron chi connectivity index (χ2n) is 5.17. The molecule has 1 aromatic heterocycles. The highest BCUT2D eigenvalue weighted by Gasteiger charge is 2.38. The molecule has 1 aromatic rings. The van der Waals surface area contributed by atoms with Crippen LogP contribution in [0.2, 0.25) is 0 Å². The van der Waals surface area contributed by atoms with Gasteiger partial charge in [0.2, 0.25) is 0 Å². The van der Waals surface area contributed by atoms with Crippen molar-refractivity contribution in [3.63, 3.8) is 0 Å². The van der Waals surface area contributed by atoms with Gasteiger partial charge in [0, 0.05) is 30.5 Å². The fourth-order valence-corrected chi connectivity index (χ4v) is 3.31. The van der Waals surface area contributed by atoms with E-state index >= 15 is 0 Å². The molecule has 2 bridgehead atoms. The van der Waals surface area contributed by atoms with Gasteiger partial charge in [-0.05, 0) is 31.1 Å². The highest BCUT2D eigenvalue weighted by Crippen LogP contribution is 2.44. The van der Waals surface area contributed by atoms with Gasteiger partial charge in [0.15, 0.2) is 0 Å². The first-order valence-corrected chi connectivity index (χ1v) is 6.24. The van der Waals surface area contributed by atoms with E-state index in [1.165, 1.54) is 31.2 Å². The zero-order valence-corrected chi connectivity index (χ0v) is 9.60. The largest absolute Gasteiger partial charge is 0.310 e. The molecule has 3 unspecified atom stereocenters. The number of rotatable bonds is 4. The van der Waals surface area contributed by atoms with Crippen LogP contribution in [0.15, 0.2) is 19.0 Å². The summed E-state index contributed by atoms with van der Waals surface area (Å²) in [5.74, 6) is 1.96. The van der Waals surface area contributed by atoms with Crippen molar-refractivity contribution >= 4 is 6.20 Å². The number of hydrogen-bond donors (Lipinski definition) is 1. The van der Waals surface area contributed by atoms with Crippen molar-refractivity contribution in [2.75, 3.05) is 0 Å². The fourth-order valence-electron chi connectivity index (χ4n) is 3.31. The van der Waals surface area contributed by atoms with Crippen LogP contribution in [0.25, 0.3) is 6.20 Å². The number of nitrogens with one attached hydrogen (secondary N) is 1. The van der Waals surface area contributed by atoms with Crippen molar-refractivity contribution in [3.8, 4) is 0 Å². The molecular weight excluding hydrogens is 198 g/mol. The maximum atomic E-state index is 4.19. The number of fused-ring (bicyclic) bond motifs is 2. The molecule has 3 rings (SSSR count). The minimum absolute atomic E-state index is 0.755. The fraction of sp³-hybridized carbons (Fsp3) is 0.615. The highest BCUT2D eigenvalue weighted by molar-refractivity contribution is 5.17. The quantitative estimate of drug-likeness (QED) is 0.838. The molecule has 1 N–H and O–H groups in total. The van der Waals surface area contributed by atoms with E-state index in [1.807, 2.05) is 12.4 Å². The monoisotopic (exact) mass is 217 g/mol. The van der Waals surface area contributed by atoms with Gasteiger partial charge >= 0.3 is 0 Å². The molecule has 2 aliphatic carbocycles. The molecular formula is C13H19N3. The minimum Gasteiger partial charge on any atom is -0.310 e. The Balaban J connectivity index is 1.54. The molecule has 0 spiro atoms. The Labute approximate surface area is 96.5 Å². The Kier molecular flexibility index (Phi) is 2.56. The Morgan fingerprint density at radius 2 is 2.44 bits per heavy atom. The Bertz CT molecular complexity index is 382. The van der Waals surface area contributed by atoms with Crippen molar-refractivity contribution < 1.29 is 0 Å². The summed E-state index contributed by atoms with van der Waals surface area (Å²) in [7, 11) is 0. The van der Waals surface area contributed by atoms with E-state index in [4.69, 9.17) is 0 Å². The van der Waals surface area contributed by atoms with Crippen LogP contribution in [0.5, 0.6) is 0 Å². The summed E-state index contributed by atoms with van der Waals surface area (Å²) >= 11 is 0. The van der Waals surface area contributed by atoms with E-state index in [-0.39, 0.29) is 0 Å². The third-order valence-electron chi connectivity index (χ3n) is 4.15. The average Bonchev–Trinajstić information content (AvgIpc) is 3.02. The van der Waals surface area contributed by atoms with Crippen LogP contribution in [-0.4, -0.2) is 15.8 Å². The van der Waals surface area contributed by atoms with Crippen LogP contribution in [0.1, 0.15) is 31.2 Å². The molecule has 0 aliphatic heterocycles. The Hall–Kier alpha value is -1.09. The lowest BCUT2D eigenvalue weighted by atomic mass is 9.95. The van der Waals surface area contributed by atoms with Crippen LogP contribution in [0, 0.1) is 11.8 Å². The number of nitrogens with zero attached hydrogens (tertiary/aromatic N) is 2. The van der Waals surface area contributed by atoms with Crippen LogP contribution >= 0.6 is 0 Å². The van der Waals surface area contributed by atoms with Gasteiger partial charge in [0.25, 0.3) is 0 Å². The van der Waals surface area contributed by atoms with E-state index in [0.29, 0.717) is 0 Å². The SMILES string of the molecule is C=Cn1cc(CNC2CC3CCC2C3)cn1. The van der Waals surface area contributed by atoms with Gasteiger partial charge in [0.1, 0.15) is 0 Å². The minimum atomic E-state index is 0.755. The van der Waals surface area contributed by atoms with Gasteiger partial charge in [-0.3, -0.25) is 0 Å². The van der Waals surface area contributed by atoms with Crippen LogP contribution in [0.3, 0.4) is 0 Å². The van der Waals surface area contributed by atoms with Crippen molar-refractivity contribution in [3.05, 3.63) is 24.5 Å². The Morgan fingerprint density at radius 1 is 1.50 bits per heavy atom. The molecule has 1 heterocycles. The molecule has 0 aromatic carbocycles. The topological polar surface area (TPSA) is 29.9 Å². The predicted molar refractivity (Wildman–Crippen MR) is 64.7 cm³/mol. The molecule has 2 fully saturated rings. The normalized spacial score (nSPS) is 32.1. The van der Waals surface area contributed by atoms with Crippen molar-refractivity contribution in [1.82, 2.24) is 15.1 Å². The molecule has 2 saturated carbocycles. The van der Waals surface area contributed by atoms with Crippen molar-refractivity contribution in [2.24, 2.45) is 11.8 Å². The van der Waals surface area contributed by atoms with E-state index in [9.17, 15) is 0 Å². The maximum Gasteiger partial charge on any atom is 0.0538 e. The summed E-state index contributed by atoms with van der Waals surface area (Å²) in [5, 5.41) is 7.87. The summed E-state index contributed by atoms with van der Waals surface area (Å²) in [6, 6.07) is 0.755. The Morgan fingerprint density at radius 3 is 3.06 bits per heavy atom. The van der Waals surface area contributed by atoms with Crippen LogP contribution < -0.4 is 5.32 Å². The highest BCUT2D eigenvalue weighted by atomic mass is 15.2. The second kappa shape index (κ2) is 4.06. The van der Waals surface area contributed by atoms with Gasteiger partial charge in [0.05, 0.1) is 6.20 Å². The number of aromatic nitrogens is 2. The zero-order chi connectivity index (χ0) is 11.0. The summed E-state index contributed by atoms with van der Waals surface area (Å²) in [5.41, 5.74) is 1.25. The van der Waals surface area contributed by atoms with Crippen LogP contribution in [-0.2, 0) is 6.54 Å². The van der Waals surface area contributed by atoms with Gasteiger partial charge < -0.3 is 5.32 Å². The first kappa shape index (κ1) is 10.1. The molecule has 2 aliphatic rings. The summed E-state index contributed by atoms with van der Waals surface area (Å²) in [6.45, 7) is 4.64. The molecule has 16 heavy (non-hydrogen) atoms. The van der Waals surface area contributed by atoms with Crippen molar-refractivity contribution in [1.29, 1.82) is 0 Å². The smallest absolute Gasteiger partial charge is 0.0538 e. The number of hydrogen-bond acceptors (Lipinski definition) is 2. The summed E-state index contributed by atoms with van der Waals surface area (Å²) < 4.78 is 1.76. The molecule has 0 saturated heterocycles. The second-order valence-corrected chi connectivity index (χ2v) is 5.17. The standard InChI is InChI=1S/C13H19N3/c1-2-16-9-11(8-15-16)7-14-13-6-10-3-4-12(13)5-10/h2,8-10,12-14H,1,3-7H2. The van der Waals surface area contributed by atoms with E-state index in [2.05, 4.69) is 17.0 Å². The molecule has 0 amide bonds. The van der Waals surface area contributed by atoms with Gasteiger partial charge in [-0.25, -0.2) is 4.68 Å². The third kappa shape index (κ3) is 1.80. The first-order chi connectivity index (χ1) is 7.85. The van der Waals surface area contributed by atoms with Crippen LogP contribution in [0.4, 0.5) is 0 Å². The zero-order valence-electron chi connectivity index (χ0n) is 9.60. The predicted octanol–water partition coefficient (Wildman–Crippen LogP) is 2.26. The van der Waals surface area contributed by atoms with Crippen molar-refractivity contribution in [2.45, 2.75) is 38.3 Å².